The van der Waals surface area contributed by atoms with Crippen molar-refractivity contribution < 1.29 is 4.74 Å². The van der Waals surface area contributed by atoms with Crippen LogP contribution in [0.15, 0.2) is 6.20 Å². The molecule has 0 saturated heterocycles. The van der Waals surface area contributed by atoms with Crippen LogP contribution in [-0.2, 0) is 6.42 Å². The van der Waals surface area contributed by atoms with Crippen LogP contribution in [0.5, 0.6) is 5.88 Å². The van der Waals surface area contributed by atoms with Crippen molar-refractivity contribution in [2.24, 2.45) is 11.8 Å². The zero-order valence-corrected chi connectivity index (χ0v) is 8.95. The summed E-state index contributed by atoms with van der Waals surface area (Å²) in [5, 5.41) is 0. The summed E-state index contributed by atoms with van der Waals surface area (Å²) in [4.78, 5) is 8.47. The molecule has 3 nitrogen and oxygen atoms in total. The normalized spacial score (nSPS) is 24.8. The van der Waals surface area contributed by atoms with Crippen LogP contribution in [0.3, 0.4) is 0 Å². The lowest BCUT2D eigenvalue weighted by molar-refractivity contribution is 0.388. The minimum atomic E-state index is 0.747. The van der Waals surface area contributed by atoms with E-state index in [4.69, 9.17) is 4.74 Å². The largest absolute Gasteiger partial charge is 0.481 e. The van der Waals surface area contributed by atoms with Crippen LogP contribution in [0.2, 0.25) is 0 Å². The zero-order chi connectivity index (χ0) is 10.1. The summed E-state index contributed by atoms with van der Waals surface area (Å²) >= 11 is 0. The average molecular weight is 192 g/mol. The van der Waals surface area contributed by atoms with Crippen molar-refractivity contribution in [2.45, 2.75) is 26.7 Å². The van der Waals surface area contributed by atoms with Gasteiger partial charge in [-0.15, -0.1) is 0 Å². The van der Waals surface area contributed by atoms with Gasteiger partial charge in [-0.1, -0.05) is 6.92 Å². The van der Waals surface area contributed by atoms with E-state index in [1.807, 2.05) is 13.1 Å². The highest BCUT2D eigenvalue weighted by molar-refractivity contribution is 5.25. The van der Waals surface area contributed by atoms with Crippen LogP contribution in [0, 0.1) is 18.8 Å². The van der Waals surface area contributed by atoms with E-state index >= 15 is 0 Å². The van der Waals surface area contributed by atoms with Gasteiger partial charge >= 0.3 is 0 Å². The molecule has 0 amide bonds. The maximum absolute atomic E-state index is 5.24. The second-order valence-corrected chi connectivity index (χ2v) is 4.13. The third kappa shape index (κ3) is 1.86. The molecule has 76 valence electrons. The van der Waals surface area contributed by atoms with E-state index in [0.29, 0.717) is 0 Å². The quantitative estimate of drug-likeness (QED) is 0.734. The van der Waals surface area contributed by atoms with E-state index in [-0.39, 0.29) is 0 Å². The fourth-order valence-corrected chi connectivity index (χ4v) is 1.76. The van der Waals surface area contributed by atoms with Crippen molar-refractivity contribution in [3.63, 3.8) is 0 Å². The predicted molar refractivity (Wildman–Crippen MR) is 54.3 cm³/mol. The van der Waals surface area contributed by atoms with Crippen molar-refractivity contribution >= 4 is 0 Å². The Hall–Kier alpha value is -1.12. The van der Waals surface area contributed by atoms with Crippen molar-refractivity contribution in [1.29, 1.82) is 0 Å². The van der Waals surface area contributed by atoms with E-state index in [1.165, 1.54) is 6.42 Å². The summed E-state index contributed by atoms with van der Waals surface area (Å²) in [6.45, 7) is 4.16. The van der Waals surface area contributed by atoms with Crippen molar-refractivity contribution in [1.82, 2.24) is 9.97 Å². The molecule has 1 aliphatic carbocycles. The van der Waals surface area contributed by atoms with Gasteiger partial charge in [0, 0.05) is 11.8 Å². The number of ether oxygens (including phenoxy) is 1. The number of hydrogen-bond donors (Lipinski definition) is 0. The fraction of sp³-hybridized carbons (Fsp3) is 0.636. The fourth-order valence-electron chi connectivity index (χ4n) is 1.76. The molecule has 1 heterocycles. The Kier molecular flexibility index (Phi) is 2.40. The topological polar surface area (TPSA) is 35.0 Å². The lowest BCUT2D eigenvalue weighted by atomic mass is 10.1. The Balaban J connectivity index is 2.15. The number of nitrogens with zero attached hydrogens (tertiary/aromatic N) is 2. The zero-order valence-electron chi connectivity index (χ0n) is 8.95. The van der Waals surface area contributed by atoms with Gasteiger partial charge < -0.3 is 4.74 Å². The van der Waals surface area contributed by atoms with E-state index in [2.05, 4.69) is 16.9 Å². The number of aryl methyl sites for hydroxylation is 1. The van der Waals surface area contributed by atoms with Crippen LogP contribution in [0.25, 0.3) is 0 Å². The van der Waals surface area contributed by atoms with Gasteiger partial charge in [0.25, 0.3) is 0 Å². The van der Waals surface area contributed by atoms with Crippen molar-refractivity contribution in [3.05, 3.63) is 17.6 Å². The van der Waals surface area contributed by atoms with Gasteiger partial charge in [-0.3, -0.25) is 0 Å². The Morgan fingerprint density at radius 3 is 2.86 bits per heavy atom. The Morgan fingerprint density at radius 1 is 1.57 bits per heavy atom. The summed E-state index contributed by atoms with van der Waals surface area (Å²) in [6.07, 6.45) is 4.29. The molecule has 2 rings (SSSR count). The monoisotopic (exact) mass is 192 g/mol. The third-order valence-corrected chi connectivity index (χ3v) is 2.90. The maximum Gasteiger partial charge on any atom is 0.219 e. The lowest BCUT2D eigenvalue weighted by Gasteiger charge is -2.06. The molecule has 0 bridgehead atoms. The summed E-state index contributed by atoms with van der Waals surface area (Å²) < 4.78 is 5.24. The summed E-state index contributed by atoms with van der Waals surface area (Å²) in [6, 6.07) is 0. The first-order valence-electron chi connectivity index (χ1n) is 5.07. The average Bonchev–Trinajstić information content (AvgIpc) is 2.85. The minimum Gasteiger partial charge on any atom is -0.481 e. The Morgan fingerprint density at radius 2 is 2.29 bits per heavy atom. The highest BCUT2D eigenvalue weighted by atomic mass is 16.5. The van der Waals surface area contributed by atoms with Gasteiger partial charge in [-0.25, -0.2) is 4.98 Å². The molecule has 1 unspecified atom stereocenters. The summed E-state index contributed by atoms with van der Waals surface area (Å²) in [5.74, 6) is 3.20. The van der Waals surface area contributed by atoms with E-state index < -0.39 is 0 Å². The van der Waals surface area contributed by atoms with Crippen molar-refractivity contribution in [2.75, 3.05) is 7.11 Å². The summed E-state index contributed by atoms with van der Waals surface area (Å²) in [5.41, 5.74) is 1.15. The van der Waals surface area contributed by atoms with Crippen LogP contribution in [0.1, 0.15) is 24.7 Å². The SMILES string of the molecule is COc1nc(C)ncc1CC1C[C@H]1C. The standard InChI is InChI=1S/C11H16N2O/c1-7-4-9(7)5-10-6-12-8(2)13-11(10)14-3/h6-7,9H,4-5H2,1-3H3/t7-,9?/m1/s1. The maximum atomic E-state index is 5.24. The first-order valence-corrected chi connectivity index (χ1v) is 5.07. The number of hydrogen-bond acceptors (Lipinski definition) is 3. The van der Waals surface area contributed by atoms with Gasteiger partial charge in [0.1, 0.15) is 5.82 Å². The van der Waals surface area contributed by atoms with Gasteiger partial charge in [0.15, 0.2) is 0 Å². The molecular formula is C11H16N2O. The molecule has 1 aromatic rings. The first-order chi connectivity index (χ1) is 6.70. The molecule has 1 aromatic heterocycles. The molecule has 0 radical (unpaired) electrons. The Labute approximate surface area is 84.5 Å². The van der Waals surface area contributed by atoms with Crippen LogP contribution in [0.4, 0.5) is 0 Å². The second-order valence-electron chi connectivity index (χ2n) is 4.13. The van der Waals surface area contributed by atoms with E-state index in [9.17, 15) is 0 Å². The Bertz CT molecular complexity index is 338. The van der Waals surface area contributed by atoms with Crippen LogP contribution < -0.4 is 4.74 Å². The molecule has 2 atom stereocenters. The molecule has 0 N–H and O–H groups in total. The second kappa shape index (κ2) is 3.56. The van der Waals surface area contributed by atoms with E-state index in [0.717, 1.165) is 35.5 Å². The predicted octanol–water partition coefficient (Wildman–Crippen LogP) is 1.99. The summed E-state index contributed by atoms with van der Waals surface area (Å²) in [7, 11) is 1.67. The van der Waals surface area contributed by atoms with Gasteiger partial charge in [0.05, 0.1) is 7.11 Å². The molecule has 1 aliphatic rings. The molecule has 0 aromatic carbocycles. The van der Waals surface area contributed by atoms with Gasteiger partial charge in [-0.05, 0) is 31.6 Å². The number of methoxy groups -OCH3 is 1. The van der Waals surface area contributed by atoms with Crippen LogP contribution >= 0.6 is 0 Å². The third-order valence-electron chi connectivity index (χ3n) is 2.90. The molecule has 0 spiro atoms. The van der Waals surface area contributed by atoms with Gasteiger partial charge in [0.2, 0.25) is 5.88 Å². The minimum absolute atomic E-state index is 0.747. The first kappa shape index (κ1) is 9.44. The molecular weight excluding hydrogens is 176 g/mol. The number of rotatable bonds is 3. The van der Waals surface area contributed by atoms with E-state index in [1.54, 1.807) is 7.11 Å². The molecule has 0 aliphatic heterocycles. The lowest BCUT2D eigenvalue weighted by Crippen LogP contribution is -2.00. The highest BCUT2D eigenvalue weighted by Crippen LogP contribution is 2.41. The smallest absolute Gasteiger partial charge is 0.219 e. The molecule has 3 heteroatoms. The van der Waals surface area contributed by atoms with Crippen molar-refractivity contribution in [3.8, 4) is 5.88 Å². The highest BCUT2D eigenvalue weighted by Gasteiger charge is 2.33. The molecule has 14 heavy (non-hydrogen) atoms. The number of aromatic nitrogens is 2. The van der Waals surface area contributed by atoms with Gasteiger partial charge in [-0.2, -0.15) is 4.98 Å². The van der Waals surface area contributed by atoms with Crippen LogP contribution in [-0.4, -0.2) is 17.1 Å². The molecule has 1 fully saturated rings. The molecule has 1 saturated carbocycles.